The molecule has 2 rings (SSSR count). The SMILES string of the molecule is CC(C)OCCn1ccnc1-c1cccc(N)c1. The number of hydrogen-bond acceptors (Lipinski definition) is 3. The van der Waals surface area contributed by atoms with Crippen molar-refractivity contribution in [1.29, 1.82) is 0 Å². The molecule has 0 aliphatic heterocycles. The lowest BCUT2D eigenvalue weighted by Crippen LogP contribution is -2.10. The summed E-state index contributed by atoms with van der Waals surface area (Å²) < 4.78 is 7.64. The Morgan fingerprint density at radius 2 is 2.22 bits per heavy atom. The summed E-state index contributed by atoms with van der Waals surface area (Å²) in [5, 5.41) is 0. The van der Waals surface area contributed by atoms with Crippen LogP contribution in [0.25, 0.3) is 11.4 Å². The van der Waals surface area contributed by atoms with E-state index in [-0.39, 0.29) is 6.10 Å². The first-order chi connectivity index (χ1) is 8.66. The van der Waals surface area contributed by atoms with Gasteiger partial charge in [-0.1, -0.05) is 12.1 Å². The minimum atomic E-state index is 0.254. The molecule has 4 heteroatoms. The van der Waals surface area contributed by atoms with Crippen molar-refractivity contribution in [2.75, 3.05) is 12.3 Å². The average molecular weight is 245 g/mol. The second kappa shape index (κ2) is 5.69. The minimum absolute atomic E-state index is 0.254. The van der Waals surface area contributed by atoms with Crippen molar-refractivity contribution >= 4 is 5.69 Å². The van der Waals surface area contributed by atoms with E-state index < -0.39 is 0 Å². The molecule has 0 bridgehead atoms. The van der Waals surface area contributed by atoms with E-state index in [1.54, 1.807) is 6.20 Å². The van der Waals surface area contributed by atoms with E-state index >= 15 is 0 Å². The summed E-state index contributed by atoms with van der Waals surface area (Å²) in [7, 11) is 0. The number of nitrogen functional groups attached to an aromatic ring is 1. The number of rotatable bonds is 5. The third-order valence-corrected chi connectivity index (χ3v) is 2.64. The number of aromatic nitrogens is 2. The second-order valence-electron chi connectivity index (χ2n) is 4.49. The van der Waals surface area contributed by atoms with E-state index in [2.05, 4.69) is 9.55 Å². The highest BCUT2D eigenvalue weighted by atomic mass is 16.5. The Bertz CT molecular complexity index is 505. The third kappa shape index (κ3) is 3.11. The van der Waals surface area contributed by atoms with Gasteiger partial charge in [-0.3, -0.25) is 0 Å². The maximum atomic E-state index is 5.79. The average Bonchev–Trinajstić information content (AvgIpc) is 2.77. The molecule has 0 unspecified atom stereocenters. The zero-order valence-corrected chi connectivity index (χ0v) is 10.8. The van der Waals surface area contributed by atoms with Gasteiger partial charge in [-0.05, 0) is 26.0 Å². The van der Waals surface area contributed by atoms with Crippen LogP contribution in [0.4, 0.5) is 5.69 Å². The highest BCUT2D eigenvalue weighted by molar-refractivity contribution is 5.61. The Morgan fingerprint density at radius 1 is 1.39 bits per heavy atom. The number of ether oxygens (including phenoxy) is 1. The van der Waals surface area contributed by atoms with Gasteiger partial charge in [0.25, 0.3) is 0 Å². The Balaban J connectivity index is 2.12. The number of anilines is 1. The van der Waals surface area contributed by atoms with Crippen LogP contribution in [0.1, 0.15) is 13.8 Å². The minimum Gasteiger partial charge on any atom is -0.399 e. The second-order valence-corrected chi connectivity index (χ2v) is 4.49. The monoisotopic (exact) mass is 245 g/mol. The molecule has 1 heterocycles. The van der Waals surface area contributed by atoms with Gasteiger partial charge in [0, 0.05) is 30.2 Å². The van der Waals surface area contributed by atoms with Crippen LogP contribution in [0.3, 0.4) is 0 Å². The summed E-state index contributed by atoms with van der Waals surface area (Å²) >= 11 is 0. The topological polar surface area (TPSA) is 53.1 Å². The van der Waals surface area contributed by atoms with Crippen molar-refractivity contribution in [3.05, 3.63) is 36.7 Å². The molecule has 96 valence electrons. The fourth-order valence-electron chi connectivity index (χ4n) is 1.81. The quantitative estimate of drug-likeness (QED) is 0.824. The van der Waals surface area contributed by atoms with Crippen molar-refractivity contribution < 1.29 is 4.74 Å². The molecule has 0 atom stereocenters. The molecular formula is C14H19N3O. The summed E-state index contributed by atoms with van der Waals surface area (Å²) in [5.41, 5.74) is 7.58. The molecule has 1 aromatic carbocycles. The van der Waals surface area contributed by atoms with Gasteiger partial charge in [0.2, 0.25) is 0 Å². The summed E-state index contributed by atoms with van der Waals surface area (Å²) in [5.74, 6) is 0.926. The molecule has 2 aromatic rings. The van der Waals surface area contributed by atoms with Crippen LogP contribution >= 0.6 is 0 Å². The Labute approximate surface area is 107 Å². The van der Waals surface area contributed by atoms with Gasteiger partial charge in [-0.15, -0.1) is 0 Å². The van der Waals surface area contributed by atoms with Crippen LogP contribution in [0.2, 0.25) is 0 Å². The van der Waals surface area contributed by atoms with Crippen molar-refractivity contribution in [3.8, 4) is 11.4 Å². The Kier molecular flexibility index (Phi) is 3.99. The number of imidazole rings is 1. The zero-order chi connectivity index (χ0) is 13.0. The van der Waals surface area contributed by atoms with Crippen LogP contribution in [0.5, 0.6) is 0 Å². The fraction of sp³-hybridized carbons (Fsp3) is 0.357. The van der Waals surface area contributed by atoms with Crippen LogP contribution in [0, 0.1) is 0 Å². The van der Waals surface area contributed by atoms with Crippen LogP contribution < -0.4 is 5.73 Å². The molecule has 2 N–H and O–H groups in total. The first-order valence-electron chi connectivity index (χ1n) is 6.15. The molecular weight excluding hydrogens is 226 g/mol. The van der Waals surface area contributed by atoms with Crippen molar-refractivity contribution in [3.63, 3.8) is 0 Å². The summed E-state index contributed by atoms with van der Waals surface area (Å²) in [6.45, 7) is 5.55. The standard InChI is InChI=1S/C14H19N3O/c1-11(2)18-9-8-17-7-6-16-14(17)12-4-3-5-13(15)10-12/h3-7,10-11H,8-9,15H2,1-2H3. The molecule has 0 saturated carbocycles. The highest BCUT2D eigenvalue weighted by Crippen LogP contribution is 2.19. The van der Waals surface area contributed by atoms with E-state index in [9.17, 15) is 0 Å². The first-order valence-corrected chi connectivity index (χ1v) is 6.15. The molecule has 4 nitrogen and oxygen atoms in total. The van der Waals surface area contributed by atoms with Gasteiger partial charge in [0.15, 0.2) is 0 Å². The lowest BCUT2D eigenvalue weighted by atomic mass is 10.2. The normalized spacial score (nSPS) is 11.1. The van der Waals surface area contributed by atoms with E-state index in [0.29, 0.717) is 6.61 Å². The highest BCUT2D eigenvalue weighted by Gasteiger charge is 2.06. The van der Waals surface area contributed by atoms with Gasteiger partial charge >= 0.3 is 0 Å². The summed E-state index contributed by atoms with van der Waals surface area (Å²) in [6, 6.07) is 7.76. The molecule has 0 fully saturated rings. The lowest BCUT2D eigenvalue weighted by Gasteiger charge is -2.10. The van der Waals surface area contributed by atoms with E-state index in [4.69, 9.17) is 10.5 Å². The molecule has 0 amide bonds. The molecule has 1 aromatic heterocycles. The summed E-state index contributed by atoms with van der Waals surface area (Å²) in [4.78, 5) is 4.38. The first kappa shape index (κ1) is 12.6. The lowest BCUT2D eigenvalue weighted by molar-refractivity contribution is 0.0729. The summed E-state index contributed by atoms with van der Waals surface area (Å²) in [6.07, 6.45) is 4.01. The smallest absolute Gasteiger partial charge is 0.140 e. The van der Waals surface area contributed by atoms with E-state index in [1.165, 1.54) is 0 Å². The molecule has 0 radical (unpaired) electrons. The number of nitrogens with two attached hydrogens (primary N) is 1. The zero-order valence-electron chi connectivity index (χ0n) is 10.8. The molecule has 0 spiro atoms. The van der Waals surface area contributed by atoms with Crippen molar-refractivity contribution in [2.45, 2.75) is 26.5 Å². The number of nitrogens with zero attached hydrogens (tertiary/aromatic N) is 2. The maximum absolute atomic E-state index is 5.79. The molecule has 0 aliphatic carbocycles. The largest absolute Gasteiger partial charge is 0.399 e. The van der Waals surface area contributed by atoms with Gasteiger partial charge < -0.3 is 15.0 Å². The van der Waals surface area contributed by atoms with Crippen molar-refractivity contribution in [1.82, 2.24) is 9.55 Å². The third-order valence-electron chi connectivity index (χ3n) is 2.64. The fourth-order valence-corrected chi connectivity index (χ4v) is 1.81. The molecule has 18 heavy (non-hydrogen) atoms. The maximum Gasteiger partial charge on any atom is 0.140 e. The molecule has 0 saturated heterocycles. The van der Waals surface area contributed by atoms with Crippen LogP contribution in [-0.4, -0.2) is 22.3 Å². The van der Waals surface area contributed by atoms with E-state index in [0.717, 1.165) is 23.6 Å². The Hall–Kier alpha value is -1.81. The van der Waals surface area contributed by atoms with Gasteiger partial charge in [-0.2, -0.15) is 0 Å². The van der Waals surface area contributed by atoms with Gasteiger partial charge in [0.05, 0.1) is 12.7 Å². The number of benzene rings is 1. The number of hydrogen-bond donors (Lipinski definition) is 1. The predicted octanol–water partition coefficient (Wildman–Crippen LogP) is 2.56. The van der Waals surface area contributed by atoms with Gasteiger partial charge in [-0.25, -0.2) is 4.98 Å². The van der Waals surface area contributed by atoms with E-state index in [1.807, 2.05) is 44.3 Å². The molecule has 0 aliphatic rings. The van der Waals surface area contributed by atoms with Crippen LogP contribution in [-0.2, 0) is 11.3 Å². The predicted molar refractivity (Wildman–Crippen MR) is 73.2 cm³/mol. The van der Waals surface area contributed by atoms with Crippen molar-refractivity contribution in [2.24, 2.45) is 0 Å². The Morgan fingerprint density at radius 3 is 2.94 bits per heavy atom. The van der Waals surface area contributed by atoms with Crippen LogP contribution in [0.15, 0.2) is 36.7 Å². The van der Waals surface area contributed by atoms with Gasteiger partial charge in [0.1, 0.15) is 5.82 Å².